The molecular formula is C15H23N3O3. The molecule has 0 spiro atoms. The van der Waals surface area contributed by atoms with E-state index in [0.29, 0.717) is 19.7 Å². The van der Waals surface area contributed by atoms with Crippen LogP contribution in [0.4, 0.5) is 4.79 Å². The van der Waals surface area contributed by atoms with Crippen molar-refractivity contribution in [3.63, 3.8) is 0 Å². The normalized spacial score (nSPS) is 11.6. The SMILES string of the molecule is CCNC(=O)NC(=O)C(C)NCCOc1cccc(C)c1. The van der Waals surface area contributed by atoms with Crippen LogP contribution in [-0.4, -0.2) is 37.7 Å². The molecule has 6 heteroatoms. The molecule has 0 aliphatic carbocycles. The second-order valence-corrected chi connectivity index (χ2v) is 4.69. The van der Waals surface area contributed by atoms with Gasteiger partial charge in [0.15, 0.2) is 0 Å². The molecule has 1 aromatic rings. The number of hydrogen-bond donors (Lipinski definition) is 3. The Morgan fingerprint density at radius 2 is 2.10 bits per heavy atom. The van der Waals surface area contributed by atoms with Gasteiger partial charge in [-0.2, -0.15) is 0 Å². The molecule has 3 N–H and O–H groups in total. The van der Waals surface area contributed by atoms with Crippen molar-refractivity contribution in [2.45, 2.75) is 26.8 Å². The van der Waals surface area contributed by atoms with Crippen LogP contribution in [0.5, 0.6) is 5.75 Å². The standard InChI is InChI=1S/C15H23N3O3/c1-4-16-15(20)18-14(19)12(3)17-8-9-21-13-7-5-6-11(2)10-13/h5-7,10,12,17H,4,8-9H2,1-3H3,(H2,16,18,19,20). The maximum atomic E-state index is 11.7. The van der Waals surface area contributed by atoms with Crippen LogP contribution in [0.15, 0.2) is 24.3 Å². The fraction of sp³-hybridized carbons (Fsp3) is 0.467. The monoisotopic (exact) mass is 293 g/mol. The fourth-order valence-electron chi connectivity index (χ4n) is 1.67. The predicted molar refractivity (Wildman–Crippen MR) is 81.4 cm³/mol. The van der Waals surface area contributed by atoms with Gasteiger partial charge in [0, 0.05) is 13.1 Å². The van der Waals surface area contributed by atoms with E-state index in [0.717, 1.165) is 11.3 Å². The van der Waals surface area contributed by atoms with Gasteiger partial charge >= 0.3 is 6.03 Å². The first-order valence-electron chi connectivity index (χ1n) is 7.04. The maximum Gasteiger partial charge on any atom is 0.321 e. The molecule has 0 aromatic heterocycles. The largest absolute Gasteiger partial charge is 0.492 e. The van der Waals surface area contributed by atoms with Crippen molar-refractivity contribution in [2.75, 3.05) is 19.7 Å². The van der Waals surface area contributed by atoms with Gasteiger partial charge in [0.1, 0.15) is 12.4 Å². The first-order chi connectivity index (χ1) is 10.0. The molecule has 0 radical (unpaired) electrons. The number of hydrogen-bond acceptors (Lipinski definition) is 4. The molecule has 0 aliphatic heterocycles. The lowest BCUT2D eigenvalue weighted by Gasteiger charge is -2.14. The summed E-state index contributed by atoms with van der Waals surface area (Å²) in [6.07, 6.45) is 0. The molecule has 6 nitrogen and oxygen atoms in total. The van der Waals surface area contributed by atoms with Gasteiger partial charge in [0.25, 0.3) is 0 Å². The van der Waals surface area contributed by atoms with Crippen molar-refractivity contribution >= 4 is 11.9 Å². The second kappa shape index (κ2) is 8.97. The number of benzene rings is 1. The first-order valence-corrected chi connectivity index (χ1v) is 7.04. The van der Waals surface area contributed by atoms with Crippen molar-refractivity contribution in [1.82, 2.24) is 16.0 Å². The third-order valence-corrected chi connectivity index (χ3v) is 2.78. The first kappa shape index (κ1) is 17.0. The molecule has 0 fully saturated rings. The lowest BCUT2D eigenvalue weighted by Crippen LogP contribution is -2.48. The van der Waals surface area contributed by atoms with Crippen LogP contribution in [-0.2, 0) is 4.79 Å². The number of ether oxygens (including phenoxy) is 1. The lowest BCUT2D eigenvalue weighted by molar-refractivity contribution is -0.121. The Morgan fingerprint density at radius 1 is 1.33 bits per heavy atom. The summed E-state index contributed by atoms with van der Waals surface area (Å²) in [4.78, 5) is 22.9. The number of amides is 3. The van der Waals surface area contributed by atoms with Crippen LogP contribution in [0, 0.1) is 6.92 Å². The fourth-order valence-corrected chi connectivity index (χ4v) is 1.67. The summed E-state index contributed by atoms with van der Waals surface area (Å²) >= 11 is 0. The maximum absolute atomic E-state index is 11.7. The highest BCUT2D eigenvalue weighted by Crippen LogP contribution is 2.11. The topological polar surface area (TPSA) is 79.5 Å². The molecular weight excluding hydrogens is 270 g/mol. The molecule has 21 heavy (non-hydrogen) atoms. The molecule has 1 aromatic carbocycles. The van der Waals surface area contributed by atoms with Gasteiger partial charge in [-0.1, -0.05) is 12.1 Å². The van der Waals surface area contributed by atoms with Gasteiger partial charge in [0.2, 0.25) is 5.91 Å². The second-order valence-electron chi connectivity index (χ2n) is 4.69. The van der Waals surface area contributed by atoms with E-state index < -0.39 is 12.1 Å². The van der Waals surface area contributed by atoms with E-state index in [1.54, 1.807) is 13.8 Å². The van der Waals surface area contributed by atoms with E-state index in [1.807, 2.05) is 31.2 Å². The average Bonchev–Trinajstić information content (AvgIpc) is 2.43. The van der Waals surface area contributed by atoms with Crippen LogP contribution in [0.25, 0.3) is 0 Å². The van der Waals surface area contributed by atoms with Crippen molar-refractivity contribution in [1.29, 1.82) is 0 Å². The van der Waals surface area contributed by atoms with Gasteiger partial charge in [-0.05, 0) is 38.5 Å². The number of carbonyl (C=O) groups excluding carboxylic acids is 2. The van der Waals surface area contributed by atoms with Crippen LogP contribution in [0.3, 0.4) is 0 Å². The van der Waals surface area contributed by atoms with Gasteiger partial charge in [0.05, 0.1) is 6.04 Å². The summed E-state index contributed by atoms with van der Waals surface area (Å²) in [7, 11) is 0. The highest BCUT2D eigenvalue weighted by molar-refractivity contribution is 5.96. The highest BCUT2D eigenvalue weighted by Gasteiger charge is 2.14. The van der Waals surface area contributed by atoms with Crippen molar-refractivity contribution in [2.24, 2.45) is 0 Å². The van der Waals surface area contributed by atoms with E-state index >= 15 is 0 Å². The van der Waals surface area contributed by atoms with Gasteiger partial charge in [-0.15, -0.1) is 0 Å². The minimum atomic E-state index is -0.479. The molecule has 0 heterocycles. The Labute approximate surface area is 125 Å². The molecule has 3 amide bonds. The Balaban J connectivity index is 2.22. The summed E-state index contributed by atoms with van der Waals surface area (Å²) in [6.45, 7) is 6.92. The minimum Gasteiger partial charge on any atom is -0.492 e. The number of imide groups is 1. The van der Waals surface area contributed by atoms with E-state index in [9.17, 15) is 9.59 Å². The minimum absolute atomic E-state index is 0.364. The highest BCUT2D eigenvalue weighted by atomic mass is 16.5. The number of rotatable bonds is 7. The number of nitrogens with one attached hydrogen (secondary N) is 3. The zero-order valence-electron chi connectivity index (χ0n) is 12.7. The summed E-state index contributed by atoms with van der Waals surface area (Å²) in [5.41, 5.74) is 1.13. The Bertz CT molecular complexity index is 477. The van der Waals surface area contributed by atoms with Crippen LogP contribution in [0.2, 0.25) is 0 Å². The molecule has 116 valence electrons. The Morgan fingerprint density at radius 3 is 2.76 bits per heavy atom. The predicted octanol–water partition coefficient (Wildman–Crippen LogP) is 1.20. The number of carbonyl (C=O) groups is 2. The van der Waals surface area contributed by atoms with E-state index in [-0.39, 0.29) is 5.91 Å². The summed E-state index contributed by atoms with van der Waals surface area (Å²) < 4.78 is 5.56. The molecule has 1 unspecified atom stereocenters. The number of aryl methyl sites for hydroxylation is 1. The summed E-state index contributed by atoms with van der Waals surface area (Å²) in [5.74, 6) is 0.438. The summed E-state index contributed by atoms with van der Waals surface area (Å²) in [5, 5.41) is 7.75. The van der Waals surface area contributed by atoms with Crippen molar-refractivity contribution in [3.05, 3.63) is 29.8 Å². The molecule has 1 atom stereocenters. The Kier molecular flexibility index (Phi) is 7.25. The van der Waals surface area contributed by atoms with E-state index in [2.05, 4.69) is 16.0 Å². The van der Waals surface area contributed by atoms with Gasteiger partial charge in [-0.25, -0.2) is 4.79 Å². The third-order valence-electron chi connectivity index (χ3n) is 2.78. The molecule has 0 saturated heterocycles. The molecule has 1 rings (SSSR count). The lowest BCUT2D eigenvalue weighted by atomic mass is 10.2. The van der Waals surface area contributed by atoms with Gasteiger partial charge in [-0.3, -0.25) is 10.1 Å². The zero-order chi connectivity index (χ0) is 15.7. The third kappa shape index (κ3) is 6.76. The molecule has 0 saturated carbocycles. The average molecular weight is 293 g/mol. The van der Waals surface area contributed by atoms with Crippen LogP contribution in [0.1, 0.15) is 19.4 Å². The van der Waals surface area contributed by atoms with E-state index in [4.69, 9.17) is 4.74 Å². The van der Waals surface area contributed by atoms with Crippen LogP contribution >= 0.6 is 0 Å². The summed E-state index contributed by atoms with van der Waals surface area (Å²) in [6, 6.07) is 6.82. The van der Waals surface area contributed by atoms with Crippen molar-refractivity contribution < 1.29 is 14.3 Å². The molecule has 0 bridgehead atoms. The quantitative estimate of drug-likeness (QED) is 0.660. The van der Waals surface area contributed by atoms with Crippen LogP contribution < -0.4 is 20.7 Å². The molecule has 0 aliphatic rings. The number of urea groups is 1. The zero-order valence-corrected chi connectivity index (χ0v) is 12.7. The van der Waals surface area contributed by atoms with Gasteiger partial charge < -0.3 is 15.4 Å². The smallest absolute Gasteiger partial charge is 0.321 e. The van der Waals surface area contributed by atoms with E-state index in [1.165, 1.54) is 0 Å². The van der Waals surface area contributed by atoms with Crippen molar-refractivity contribution in [3.8, 4) is 5.75 Å². The Hall–Kier alpha value is -2.08.